The first-order valence-corrected chi connectivity index (χ1v) is 5.28. The molecule has 0 saturated heterocycles. The van der Waals surface area contributed by atoms with Gasteiger partial charge in [-0.1, -0.05) is 18.2 Å². The van der Waals surface area contributed by atoms with E-state index in [1.807, 2.05) is 36.4 Å². The Morgan fingerprint density at radius 1 is 1.06 bits per heavy atom. The zero-order chi connectivity index (χ0) is 12.3. The maximum absolute atomic E-state index is 8.94. The molecule has 0 aliphatic heterocycles. The standard InChI is InChI=1S/C14H13NO2/c1-16-13-6-5-10-7-12(14(9-15)17-2)4-3-11(10)8-13/h3-8,14H,1-2H3. The SMILES string of the molecule is COc1ccc2cc(C(C#N)OC)ccc2c1. The Morgan fingerprint density at radius 2 is 1.76 bits per heavy atom. The summed E-state index contributed by atoms with van der Waals surface area (Å²) in [4.78, 5) is 0. The van der Waals surface area contributed by atoms with E-state index in [1.165, 1.54) is 7.11 Å². The molecule has 0 heterocycles. The predicted octanol–water partition coefficient (Wildman–Crippen LogP) is 3.06. The molecule has 1 atom stereocenters. The molecule has 0 aliphatic rings. The summed E-state index contributed by atoms with van der Waals surface area (Å²) in [5, 5.41) is 11.1. The summed E-state index contributed by atoms with van der Waals surface area (Å²) >= 11 is 0. The third kappa shape index (κ3) is 2.22. The van der Waals surface area contributed by atoms with Crippen LogP contribution in [0.15, 0.2) is 36.4 Å². The van der Waals surface area contributed by atoms with Gasteiger partial charge in [0.25, 0.3) is 0 Å². The van der Waals surface area contributed by atoms with Crippen LogP contribution < -0.4 is 4.74 Å². The second kappa shape index (κ2) is 4.86. The maximum Gasteiger partial charge on any atom is 0.168 e. The van der Waals surface area contributed by atoms with Crippen molar-refractivity contribution in [2.75, 3.05) is 14.2 Å². The number of nitriles is 1. The normalized spacial score (nSPS) is 12.1. The van der Waals surface area contributed by atoms with Crippen molar-refractivity contribution in [3.63, 3.8) is 0 Å². The van der Waals surface area contributed by atoms with Gasteiger partial charge in [0.2, 0.25) is 0 Å². The average molecular weight is 227 g/mol. The molecule has 2 rings (SSSR count). The quantitative estimate of drug-likeness (QED) is 0.809. The van der Waals surface area contributed by atoms with Crippen LogP contribution in [-0.2, 0) is 4.74 Å². The van der Waals surface area contributed by atoms with Crippen LogP contribution in [0.5, 0.6) is 5.75 Å². The van der Waals surface area contributed by atoms with Crippen LogP contribution in [0.25, 0.3) is 10.8 Å². The van der Waals surface area contributed by atoms with Crippen molar-refractivity contribution < 1.29 is 9.47 Å². The number of ether oxygens (including phenoxy) is 2. The highest BCUT2D eigenvalue weighted by Crippen LogP contribution is 2.25. The molecule has 0 saturated carbocycles. The van der Waals surface area contributed by atoms with Gasteiger partial charge in [-0.25, -0.2) is 0 Å². The molecule has 3 nitrogen and oxygen atoms in total. The Labute approximate surface area is 100 Å². The second-order valence-corrected chi connectivity index (χ2v) is 3.72. The number of nitrogens with zero attached hydrogens (tertiary/aromatic N) is 1. The van der Waals surface area contributed by atoms with Crippen LogP contribution in [-0.4, -0.2) is 14.2 Å². The summed E-state index contributed by atoms with van der Waals surface area (Å²) in [6.45, 7) is 0. The topological polar surface area (TPSA) is 42.2 Å². The molecular weight excluding hydrogens is 214 g/mol. The summed E-state index contributed by atoms with van der Waals surface area (Å²) in [5.41, 5.74) is 0.868. The van der Waals surface area contributed by atoms with Gasteiger partial charge in [-0.3, -0.25) is 0 Å². The minimum atomic E-state index is -0.512. The van der Waals surface area contributed by atoms with Crippen LogP contribution in [0, 0.1) is 11.3 Å². The lowest BCUT2D eigenvalue weighted by molar-refractivity contribution is 0.149. The first-order valence-electron chi connectivity index (χ1n) is 5.28. The number of hydrogen-bond donors (Lipinski definition) is 0. The van der Waals surface area contributed by atoms with E-state index in [0.717, 1.165) is 22.1 Å². The largest absolute Gasteiger partial charge is 0.497 e. The van der Waals surface area contributed by atoms with Crippen LogP contribution in [0.2, 0.25) is 0 Å². The lowest BCUT2D eigenvalue weighted by atomic mass is 10.0. The molecule has 2 aromatic rings. The Bertz CT molecular complexity index is 572. The highest BCUT2D eigenvalue weighted by atomic mass is 16.5. The van der Waals surface area contributed by atoms with Crippen LogP contribution in [0.1, 0.15) is 11.7 Å². The lowest BCUT2D eigenvalue weighted by Crippen LogP contribution is -1.97. The van der Waals surface area contributed by atoms with Crippen molar-refractivity contribution in [1.82, 2.24) is 0 Å². The number of benzene rings is 2. The zero-order valence-electron chi connectivity index (χ0n) is 9.81. The lowest BCUT2D eigenvalue weighted by Gasteiger charge is -2.09. The van der Waals surface area contributed by atoms with Crippen molar-refractivity contribution in [2.45, 2.75) is 6.10 Å². The van der Waals surface area contributed by atoms with Gasteiger partial charge in [-0.05, 0) is 34.5 Å². The smallest absolute Gasteiger partial charge is 0.168 e. The highest BCUT2D eigenvalue weighted by molar-refractivity contribution is 5.84. The molecule has 0 bridgehead atoms. The van der Waals surface area contributed by atoms with Crippen LogP contribution >= 0.6 is 0 Å². The number of methoxy groups -OCH3 is 2. The maximum atomic E-state index is 8.94. The van der Waals surface area contributed by atoms with Crippen LogP contribution in [0.3, 0.4) is 0 Å². The number of fused-ring (bicyclic) bond motifs is 1. The van der Waals surface area contributed by atoms with Crippen molar-refractivity contribution in [3.05, 3.63) is 42.0 Å². The number of hydrogen-bond acceptors (Lipinski definition) is 3. The van der Waals surface area contributed by atoms with Gasteiger partial charge in [0.15, 0.2) is 6.10 Å². The Hall–Kier alpha value is -2.05. The average Bonchev–Trinajstić information content (AvgIpc) is 2.39. The first-order chi connectivity index (χ1) is 8.28. The van der Waals surface area contributed by atoms with Gasteiger partial charge in [-0.2, -0.15) is 5.26 Å². The fraction of sp³-hybridized carbons (Fsp3) is 0.214. The molecule has 0 aliphatic carbocycles. The minimum Gasteiger partial charge on any atom is -0.497 e. The second-order valence-electron chi connectivity index (χ2n) is 3.72. The van der Waals surface area contributed by atoms with Crippen molar-refractivity contribution >= 4 is 10.8 Å². The predicted molar refractivity (Wildman–Crippen MR) is 65.9 cm³/mol. The number of rotatable bonds is 3. The molecular formula is C14H13NO2. The van der Waals surface area contributed by atoms with Gasteiger partial charge in [0.1, 0.15) is 5.75 Å². The van der Waals surface area contributed by atoms with E-state index in [4.69, 9.17) is 14.7 Å². The molecule has 0 fully saturated rings. The van der Waals surface area contributed by atoms with E-state index < -0.39 is 6.10 Å². The first kappa shape index (κ1) is 11.4. The molecule has 0 N–H and O–H groups in total. The van der Waals surface area contributed by atoms with Gasteiger partial charge >= 0.3 is 0 Å². The minimum absolute atomic E-state index is 0.512. The van der Waals surface area contributed by atoms with E-state index in [1.54, 1.807) is 7.11 Å². The molecule has 0 spiro atoms. The molecule has 3 heteroatoms. The molecule has 0 radical (unpaired) electrons. The summed E-state index contributed by atoms with van der Waals surface area (Å²) in [7, 11) is 3.18. The molecule has 0 amide bonds. The fourth-order valence-corrected chi connectivity index (χ4v) is 1.80. The van der Waals surface area contributed by atoms with Gasteiger partial charge in [0.05, 0.1) is 13.2 Å². The molecule has 0 aromatic heterocycles. The third-order valence-electron chi connectivity index (χ3n) is 2.73. The van der Waals surface area contributed by atoms with Gasteiger partial charge in [0, 0.05) is 7.11 Å². The van der Waals surface area contributed by atoms with E-state index in [9.17, 15) is 0 Å². The molecule has 17 heavy (non-hydrogen) atoms. The fourth-order valence-electron chi connectivity index (χ4n) is 1.80. The third-order valence-corrected chi connectivity index (χ3v) is 2.73. The highest BCUT2D eigenvalue weighted by Gasteiger charge is 2.09. The molecule has 2 aromatic carbocycles. The van der Waals surface area contributed by atoms with E-state index >= 15 is 0 Å². The summed E-state index contributed by atoms with van der Waals surface area (Å²) in [6.07, 6.45) is -0.512. The van der Waals surface area contributed by atoms with Gasteiger partial charge < -0.3 is 9.47 Å². The van der Waals surface area contributed by atoms with Crippen molar-refractivity contribution in [3.8, 4) is 11.8 Å². The van der Waals surface area contributed by atoms with E-state index in [2.05, 4.69) is 6.07 Å². The van der Waals surface area contributed by atoms with E-state index in [0.29, 0.717) is 0 Å². The van der Waals surface area contributed by atoms with Crippen molar-refractivity contribution in [2.24, 2.45) is 0 Å². The molecule has 86 valence electrons. The summed E-state index contributed by atoms with van der Waals surface area (Å²) in [6, 6.07) is 13.8. The van der Waals surface area contributed by atoms with E-state index in [-0.39, 0.29) is 0 Å². The monoisotopic (exact) mass is 227 g/mol. The van der Waals surface area contributed by atoms with Gasteiger partial charge in [-0.15, -0.1) is 0 Å². The molecule has 1 unspecified atom stereocenters. The Balaban J connectivity index is 2.48. The van der Waals surface area contributed by atoms with Crippen LogP contribution in [0.4, 0.5) is 0 Å². The zero-order valence-corrected chi connectivity index (χ0v) is 9.81. The summed E-state index contributed by atoms with van der Waals surface area (Å²) < 4.78 is 10.3. The summed E-state index contributed by atoms with van der Waals surface area (Å²) in [5.74, 6) is 0.828. The Morgan fingerprint density at radius 3 is 2.41 bits per heavy atom. The Kier molecular flexibility index (Phi) is 3.27. The van der Waals surface area contributed by atoms with Crippen molar-refractivity contribution in [1.29, 1.82) is 5.26 Å².